The molecule has 36 heavy (non-hydrogen) atoms. The molecule has 1 N–H and O–H groups in total. The monoisotopic (exact) mass is 575 g/mol. The van der Waals surface area contributed by atoms with Gasteiger partial charge in [0.05, 0.1) is 7.11 Å². The summed E-state index contributed by atoms with van der Waals surface area (Å²) < 4.78 is 26.8. The smallest absolute Gasteiger partial charge is 0.323 e. The van der Waals surface area contributed by atoms with E-state index in [9.17, 15) is 19.1 Å². The zero-order valence-electron chi connectivity index (χ0n) is 19.7. The van der Waals surface area contributed by atoms with Crippen LogP contribution in [0.15, 0.2) is 59.1 Å². The van der Waals surface area contributed by atoms with Crippen LogP contribution in [-0.4, -0.2) is 41.1 Å². The molecule has 1 atom stereocenters. The summed E-state index contributed by atoms with van der Waals surface area (Å²) in [5, 5.41) is 10.1. The Bertz CT molecular complexity index is 1320. The minimum absolute atomic E-state index is 0.200. The molecule has 0 aromatic heterocycles. The second kappa shape index (κ2) is 10.5. The SMILES string of the molecule is COc1cc(C(=O)N(CC(=O)O)Cc2ccc(Br)cc2F)cc2c1O[C@](C)(Cc1ccc(Cl)cc1)C2. The number of fused-ring (bicyclic) bond motifs is 1. The maximum atomic E-state index is 14.4. The van der Waals surface area contributed by atoms with Crippen molar-refractivity contribution in [2.75, 3.05) is 13.7 Å². The molecule has 1 heterocycles. The van der Waals surface area contributed by atoms with Crippen LogP contribution >= 0.6 is 27.5 Å². The van der Waals surface area contributed by atoms with Crippen molar-refractivity contribution in [3.8, 4) is 11.5 Å². The van der Waals surface area contributed by atoms with Crippen LogP contribution in [0.4, 0.5) is 4.39 Å². The number of benzene rings is 3. The quantitative estimate of drug-likeness (QED) is 0.361. The highest BCUT2D eigenvalue weighted by Gasteiger charge is 2.38. The molecule has 0 aliphatic carbocycles. The highest BCUT2D eigenvalue weighted by molar-refractivity contribution is 9.10. The summed E-state index contributed by atoms with van der Waals surface area (Å²) in [6, 6.07) is 15.2. The molecule has 1 aliphatic rings. The summed E-state index contributed by atoms with van der Waals surface area (Å²) >= 11 is 9.20. The van der Waals surface area contributed by atoms with E-state index in [-0.39, 0.29) is 17.7 Å². The molecular weight excluding hydrogens is 553 g/mol. The van der Waals surface area contributed by atoms with E-state index < -0.39 is 29.8 Å². The van der Waals surface area contributed by atoms with Crippen molar-refractivity contribution in [1.29, 1.82) is 0 Å². The number of methoxy groups -OCH3 is 1. The van der Waals surface area contributed by atoms with Crippen LogP contribution in [0.25, 0.3) is 0 Å². The van der Waals surface area contributed by atoms with Crippen LogP contribution in [-0.2, 0) is 24.2 Å². The van der Waals surface area contributed by atoms with Crippen LogP contribution < -0.4 is 9.47 Å². The number of hydrogen-bond donors (Lipinski definition) is 1. The molecule has 1 aliphatic heterocycles. The van der Waals surface area contributed by atoms with E-state index in [4.69, 9.17) is 21.1 Å². The third-order valence-corrected chi connectivity index (χ3v) is 6.74. The molecule has 1 amide bonds. The molecule has 0 radical (unpaired) electrons. The van der Waals surface area contributed by atoms with Gasteiger partial charge >= 0.3 is 5.97 Å². The second-order valence-corrected chi connectivity index (χ2v) is 10.3. The highest BCUT2D eigenvalue weighted by Crippen LogP contribution is 2.44. The number of carboxylic acids is 1. The first-order valence-electron chi connectivity index (χ1n) is 11.2. The molecule has 0 fully saturated rings. The molecule has 9 heteroatoms. The minimum Gasteiger partial charge on any atom is -0.493 e. The largest absolute Gasteiger partial charge is 0.493 e. The zero-order chi connectivity index (χ0) is 26.0. The summed E-state index contributed by atoms with van der Waals surface area (Å²) in [6.45, 7) is 1.20. The summed E-state index contributed by atoms with van der Waals surface area (Å²) in [6.07, 6.45) is 1.13. The average molecular weight is 577 g/mol. The predicted octanol–water partition coefficient (Wildman–Crippen LogP) is 5.91. The highest BCUT2D eigenvalue weighted by atomic mass is 79.9. The molecule has 0 saturated carbocycles. The molecule has 188 valence electrons. The normalized spacial score (nSPS) is 16.2. The number of hydrogen-bond acceptors (Lipinski definition) is 4. The molecule has 3 aromatic carbocycles. The lowest BCUT2D eigenvalue weighted by Crippen LogP contribution is -2.35. The Morgan fingerprint density at radius 1 is 1.19 bits per heavy atom. The van der Waals surface area contributed by atoms with Gasteiger partial charge in [-0.2, -0.15) is 0 Å². The Hall–Kier alpha value is -3.10. The zero-order valence-corrected chi connectivity index (χ0v) is 22.0. The Kier molecular flexibility index (Phi) is 7.57. The standard InChI is InChI=1S/C27H24BrClFNO5/c1-27(12-16-3-7-21(29)8-4-16)13-19-9-18(10-23(35-2)25(19)36-27)26(34)31(15-24(32)33)14-17-5-6-20(28)11-22(17)30/h3-11H,12-15H2,1-2H3,(H,32,33)/t27-/m1/s1. The number of rotatable bonds is 8. The van der Waals surface area contributed by atoms with E-state index in [2.05, 4.69) is 15.9 Å². The van der Waals surface area contributed by atoms with Gasteiger partial charge in [-0.3, -0.25) is 9.59 Å². The minimum atomic E-state index is -1.20. The molecule has 0 spiro atoms. The summed E-state index contributed by atoms with van der Waals surface area (Å²) in [5.41, 5.74) is 1.70. The topological polar surface area (TPSA) is 76.1 Å². The van der Waals surface area contributed by atoms with E-state index in [0.717, 1.165) is 16.0 Å². The average Bonchev–Trinajstić information content (AvgIpc) is 3.16. The summed E-state index contributed by atoms with van der Waals surface area (Å²) in [7, 11) is 1.48. The van der Waals surface area contributed by atoms with Crippen molar-refractivity contribution < 1.29 is 28.6 Å². The number of carbonyl (C=O) groups excluding carboxylic acids is 1. The fourth-order valence-electron chi connectivity index (χ4n) is 4.40. The number of nitrogens with zero attached hydrogens (tertiary/aromatic N) is 1. The first-order chi connectivity index (χ1) is 17.1. The molecule has 0 unspecified atom stereocenters. The number of amides is 1. The van der Waals surface area contributed by atoms with E-state index in [1.165, 1.54) is 25.3 Å². The maximum Gasteiger partial charge on any atom is 0.323 e. The second-order valence-electron chi connectivity index (χ2n) is 8.99. The Morgan fingerprint density at radius 3 is 2.56 bits per heavy atom. The van der Waals surface area contributed by atoms with Gasteiger partial charge in [-0.1, -0.05) is 45.7 Å². The van der Waals surface area contributed by atoms with Gasteiger partial charge in [-0.05, 0) is 48.9 Å². The summed E-state index contributed by atoms with van der Waals surface area (Å²) in [5.74, 6) is -1.36. The third-order valence-electron chi connectivity index (χ3n) is 5.99. The van der Waals surface area contributed by atoms with Gasteiger partial charge in [0.15, 0.2) is 11.5 Å². The number of ether oxygens (including phenoxy) is 2. The number of aliphatic carboxylic acids is 1. The number of carboxylic acid groups (broad SMARTS) is 1. The van der Waals surface area contributed by atoms with E-state index in [1.54, 1.807) is 12.1 Å². The Balaban J connectivity index is 1.62. The molecule has 0 bridgehead atoms. The first kappa shape index (κ1) is 26.0. The van der Waals surface area contributed by atoms with Crippen LogP contribution in [0, 0.1) is 5.82 Å². The fraction of sp³-hybridized carbons (Fsp3) is 0.259. The van der Waals surface area contributed by atoms with Gasteiger partial charge in [-0.25, -0.2) is 4.39 Å². The van der Waals surface area contributed by atoms with E-state index in [0.29, 0.717) is 33.8 Å². The lowest BCUT2D eigenvalue weighted by Gasteiger charge is -2.24. The van der Waals surface area contributed by atoms with Crippen LogP contribution in [0.1, 0.15) is 34.0 Å². The van der Waals surface area contributed by atoms with Crippen molar-refractivity contribution in [2.45, 2.75) is 31.9 Å². The van der Waals surface area contributed by atoms with Crippen LogP contribution in [0.5, 0.6) is 11.5 Å². The van der Waals surface area contributed by atoms with Gasteiger partial charge < -0.3 is 19.5 Å². The lowest BCUT2D eigenvalue weighted by atomic mass is 9.91. The maximum absolute atomic E-state index is 14.4. The van der Waals surface area contributed by atoms with Crippen molar-refractivity contribution in [3.63, 3.8) is 0 Å². The predicted molar refractivity (Wildman–Crippen MR) is 137 cm³/mol. The van der Waals surface area contributed by atoms with Gasteiger partial charge in [0.1, 0.15) is 18.0 Å². The molecule has 4 rings (SSSR count). The molecular formula is C27H24BrClFNO5. The van der Waals surface area contributed by atoms with E-state index >= 15 is 0 Å². The van der Waals surface area contributed by atoms with Gasteiger partial charge in [0, 0.05) is 45.6 Å². The fourth-order valence-corrected chi connectivity index (χ4v) is 4.86. The summed E-state index contributed by atoms with van der Waals surface area (Å²) in [4.78, 5) is 26.0. The number of carbonyl (C=O) groups is 2. The van der Waals surface area contributed by atoms with Crippen molar-refractivity contribution in [3.05, 3.63) is 92.2 Å². The first-order valence-corrected chi connectivity index (χ1v) is 12.3. The van der Waals surface area contributed by atoms with Crippen molar-refractivity contribution >= 4 is 39.4 Å². The van der Waals surface area contributed by atoms with Crippen molar-refractivity contribution in [2.24, 2.45) is 0 Å². The molecule has 0 saturated heterocycles. The lowest BCUT2D eigenvalue weighted by molar-refractivity contribution is -0.137. The van der Waals surface area contributed by atoms with Crippen LogP contribution in [0.2, 0.25) is 5.02 Å². The molecule has 6 nitrogen and oxygen atoms in total. The van der Waals surface area contributed by atoms with Gasteiger partial charge in [0.2, 0.25) is 0 Å². The Labute approximate surface area is 221 Å². The van der Waals surface area contributed by atoms with Crippen LogP contribution in [0.3, 0.4) is 0 Å². The van der Waals surface area contributed by atoms with E-state index in [1.807, 2.05) is 31.2 Å². The van der Waals surface area contributed by atoms with Gasteiger partial charge in [0.25, 0.3) is 5.91 Å². The third kappa shape index (κ3) is 5.82. The molecule has 3 aromatic rings. The van der Waals surface area contributed by atoms with Crippen molar-refractivity contribution in [1.82, 2.24) is 4.90 Å². The van der Waals surface area contributed by atoms with Gasteiger partial charge in [-0.15, -0.1) is 0 Å². The number of halogens is 3. The Morgan fingerprint density at radius 2 is 1.92 bits per heavy atom.